The van der Waals surface area contributed by atoms with Crippen molar-refractivity contribution in [2.45, 2.75) is 0 Å². The summed E-state index contributed by atoms with van der Waals surface area (Å²) in [5.74, 6) is -1.01. The number of fused-ring (bicyclic) bond motifs is 1. The molecule has 3 rings (SSSR count). The Balaban J connectivity index is 2.13. The smallest absolute Gasteiger partial charge is 0.197 e. The molecule has 98 valence electrons. The van der Waals surface area contributed by atoms with Crippen molar-refractivity contribution < 1.29 is 9.18 Å². The van der Waals surface area contributed by atoms with Crippen molar-refractivity contribution in [3.63, 3.8) is 0 Å². The van der Waals surface area contributed by atoms with Gasteiger partial charge in [0.2, 0.25) is 0 Å². The Morgan fingerprint density at radius 1 is 0.900 bits per heavy atom. The van der Waals surface area contributed by atoms with Crippen LogP contribution in [-0.4, -0.2) is 5.78 Å². The van der Waals surface area contributed by atoms with E-state index in [1.54, 1.807) is 12.1 Å². The molecule has 20 heavy (non-hydrogen) atoms. The molecule has 0 atom stereocenters. The number of rotatable bonds is 2. The van der Waals surface area contributed by atoms with Gasteiger partial charge in [0.15, 0.2) is 5.78 Å². The van der Waals surface area contributed by atoms with Crippen LogP contribution in [0.5, 0.6) is 0 Å². The molecule has 3 heteroatoms. The van der Waals surface area contributed by atoms with Crippen molar-refractivity contribution >= 4 is 28.2 Å². The summed E-state index contributed by atoms with van der Waals surface area (Å²) in [6.07, 6.45) is 0. The Morgan fingerprint density at radius 2 is 1.65 bits per heavy atom. The van der Waals surface area contributed by atoms with E-state index in [0.29, 0.717) is 5.56 Å². The van der Waals surface area contributed by atoms with Gasteiger partial charge in [-0.15, -0.1) is 0 Å². The lowest BCUT2D eigenvalue weighted by Crippen LogP contribution is -2.05. The highest BCUT2D eigenvalue weighted by Crippen LogP contribution is 2.24. The summed E-state index contributed by atoms with van der Waals surface area (Å²) in [4.78, 5) is 12.4. The molecule has 0 saturated carbocycles. The number of carbonyl (C=O) groups excluding carboxylic acids is 1. The van der Waals surface area contributed by atoms with Crippen LogP contribution in [0.2, 0.25) is 5.02 Å². The zero-order valence-corrected chi connectivity index (χ0v) is 11.2. The predicted molar refractivity (Wildman–Crippen MR) is 78.8 cm³/mol. The van der Waals surface area contributed by atoms with E-state index < -0.39 is 11.6 Å². The van der Waals surface area contributed by atoms with Gasteiger partial charge < -0.3 is 0 Å². The van der Waals surface area contributed by atoms with Gasteiger partial charge in [0, 0.05) is 5.56 Å². The van der Waals surface area contributed by atoms with E-state index in [-0.39, 0.29) is 10.6 Å². The fraction of sp³-hybridized carbons (Fsp3) is 0. The molecule has 0 saturated heterocycles. The standard InChI is InChI=1S/C17H10ClFO/c18-14-6-3-7-15(19)16(14)17(20)13-9-8-11-4-1-2-5-12(11)10-13/h1-10H. The molecule has 0 radical (unpaired) electrons. The summed E-state index contributed by atoms with van der Waals surface area (Å²) in [7, 11) is 0. The summed E-state index contributed by atoms with van der Waals surface area (Å²) in [6.45, 7) is 0. The van der Waals surface area contributed by atoms with E-state index in [2.05, 4.69) is 0 Å². The lowest BCUT2D eigenvalue weighted by Gasteiger charge is -2.06. The number of hydrogen-bond donors (Lipinski definition) is 0. The van der Waals surface area contributed by atoms with Gasteiger partial charge >= 0.3 is 0 Å². The second-order valence-electron chi connectivity index (χ2n) is 4.49. The minimum Gasteiger partial charge on any atom is -0.288 e. The number of benzene rings is 3. The molecule has 0 spiro atoms. The van der Waals surface area contributed by atoms with Crippen molar-refractivity contribution in [1.29, 1.82) is 0 Å². The lowest BCUT2D eigenvalue weighted by molar-refractivity contribution is 0.103. The largest absolute Gasteiger partial charge is 0.288 e. The van der Waals surface area contributed by atoms with E-state index in [4.69, 9.17) is 11.6 Å². The van der Waals surface area contributed by atoms with E-state index in [1.807, 2.05) is 30.3 Å². The van der Waals surface area contributed by atoms with E-state index in [1.165, 1.54) is 18.2 Å². The number of ketones is 1. The molecule has 0 amide bonds. The molecule has 1 nitrogen and oxygen atoms in total. The third-order valence-corrected chi connectivity index (χ3v) is 3.52. The molecule has 0 aliphatic carbocycles. The fourth-order valence-corrected chi connectivity index (χ4v) is 2.44. The predicted octanol–water partition coefficient (Wildman–Crippen LogP) is 4.86. The first-order valence-corrected chi connectivity index (χ1v) is 6.52. The topological polar surface area (TPSA) is 17.1 Å². The molecule has 0 aromatic heterocycles. The molecule has 0 heterocycles. The molecule has 0 fully saturated rings. The lowest BCUT2D eigenvalue weighted by atomic mass is 9.99. The zero-order chi connectivity index (χ0) is 14.1. The fourth-order valence-electron chi connectivity index (χ4n) is 2.19. The minimum absolute atomic E-state index is 0.0792. The maximum absolute atomic E-state index is 13.8. The Hall–Kier alpha value is -2.19. The van der Waals surface area contributed by atoms with E-state index in [9.17, 15) is 9.18 Å². The molecule has 0 unspecified atom stereocenters. The second kappa shape index (κ2) is 5.06. The van der Waals surface area contributed by atoms with Crippen LogP contribution in [0.25, 0.3) is 10.8 Å². The number of halogens is 2. The normalized spacial score (nSPS) is 10.7. The monoisotopic (exact) mass is 284 g/mol. The summed E-state index contributed by atoms with van der Waals surface area (Å²) in [6, 6.07) is 17.2. The maximum atomic E-state index is 13.8. The maximum Gasteiger partial charge on any atom is 0.197 e. The van der Waals surface area contributed by atoms with Crippen LogP contribution in [0.4, 0.5) is 4.39 Å². The Kier molecular flexibility index (Phi) is 3.25. The average Bonchev–Trinajstić information content (AvgIpc) is 2.46. The van der Waals surface area contributed by atoms with Gasteiger partial charge in [-0.1, -0.05) is 54.1 Å². The third-order valence-electron chi connectivity index (χ3n) is 3.20. The van der Waals surface area contributed by atoms with Gasteiger partial charge in [-0.25, -0.2) is 4.39 Å². The Labute approximate surface area is 120 Å². The summed E-state index contributed by atoms with van der Waals surface area (Å²) in [5.41, 5.74) is 0.347. The van der Waals surface area contributed by atoms with Crippen LogP contribution in [-0.2, 0) is 0 Å². The minimum atomic E-state index is -0.601. The van der Waals surface area contributed by atoms with Gasteiger partial charge in [0.25, 0.3) is 0 Å². The molecule has 3 aromatic rings. The quantitative estimate of drug-likeness (QED) is 0.614. The summed E-state index contributed by atoms with van der Waals surface area (Å²) >= 11 is 5.93. The van der Waals surface area contributed by atoms with Crippen LogP contribution < -0.4 is 0 Å². The van der Waals surface area contributed by atoms with Gasteiger partial charge in [0.1, 0.15) is 5.82 Å². The molecule has 0 aliphatic rings. The van der Waals surface area contributed by atoms with Crippen LogP contribution >= 0.6 is 11.6 Å². The van der Waals surface area contributed by atoms with Crippen molar-refractivity contribution in [3.8, 4) is 0 Å². The summed E-state index contributed by atoms with van der Waals surface area (Å²) in [5, 5.41) is 2.10. The molecular weight excluding hydrogens is 275 g/mol. The first-order valence-electron chi connectivity index (χ1n) is 6.14. The Morgan fingerprint density at radius 3 is 2.40 bits per heavy atom. The van der Waals surface area contributed by atoms with Crippen molar-refractivity contribution in [3.05, 3.63) is 82.6 Å². The average molecular weight is 285 g/mol. The summed E-state index contributed by atoms with van der Waals surface area (Å²) < 4.78 is 13.8. The van der Waals surface area contributed by atoms with Crippen LogP contribution in [0.3, 0.4) is 0 Å². The Bertz CT molecular complexity index is 791. The van der Waals surface area contributed by atoms with Crippen molar-refractivity contribution in [2.75, 3.05) is 0 Å². The highest BCUT2D eigenvalue weighted by Gasteiger charge is 2.17. The van der Waals surface area contributed by atoms with Crippen LogP contribution in [0.15, 0.2) is 60.7 Å². The highest BCUT2D eigenvalue weighted by molar-refractivity contribution is 6.35. The molecular formula is C17H10ClFO. The van der Waals surface area contributed by atoms with Gasteiger partial charge in [-0.05, 0) is 29.0 Å². The van der Waals surface area contributed by atoms with Gasteiger partial charge in [-0.2, -0.15) is 0 Å². The molecule has 0 N–H and O–H groups in total. The van der Waals surface area contributed by atoms with E-state index >= 15 is 0 Å². The van der Waals surface area contributed by atoms with Crippen molar-refractivity contribution in [2.24, 2.45) is 0 Å². The first-order chi connectivity index (χ1) is 9.66. The SMILES string of the molecule is O=C(c1ccc2ccccc2c1)c1c(F)cccc1Cl. The second-order valence-corrected chi connectivity index (χ2v) is 4.89. The molecule has 0 aliphatic heterocycles. The zero-order valence-electron chi connectivity index (χ0n) is 10.4. The van der Waals surface area contributed by atoms with Gasteiger partial charge in [0.05, 0.1) is 10.6 Å². The van der Waals surface area contributed by atoms with Crippen LogP contribution in [0, 0.1) is 5.82 Å². The third kappa shape index (κ3) is 2.19. The number of hydrogen-bond acceptors (Lipinski definition) is 1. The van der Waals surface area contributed by atoms with Crippen molar-refractivity contribution in [1.82, 2.24) is 0 Å². The van der Waals surface area contributed by atoms with Gasteiger partial charge in [-0.3, -0.25) is 4.79 Å². The highest BCUT2D eigenvalue weighted by atomic mass is 35.5. The number of carbonyl (C=O) groups is 1. The van der Waals surface area contributed by atoms with E-state index in [0.717, 1.165) is 10.8 Å². The molecule has 3 aromatic carbocycles. The first kappa shape index (κ1) is 12.8. The van der Waals surface area contributed by atoms with Crippen LogP contribution in [0.1, 0.15) is 15.9 Å². The molecule has 0 bridgehead atoms.